The van der Waals surface area contributed by atoms with Crippen LogP contribution in [0.25, 0.3) is 0 Å². The molecule has 7 heteroatoms. The minimum absolute atomic E-state index is 0.196. The van der Waals surface area contributed by atoms with Gasteiger partial charge in [-0.25, -0.2) is 4.79 Å². The largest absolute Gasteiger partial charge is 0.464 e. The molecule has 0 saturated heterocycles. The summed E-state index contributed by atoms with van der Waals surface area (Å²) in [5, 5.41) is 8.51. The van der Waals surface area contributed by atoms with E-state index in [2.05, 4.69) is 0 Å². The Morgan fingerprint density at radius 3 is 1.75 bits per heavy atom. The van der Waals surface area contributed by atoms with Gasteiger partial charge in [0.2, 0.25) is 0 Å². The minimum Gasteiger partial charge on any atom is -0.464 e. The Balaban J connectivity index is 5.11. The van der Waals surface area contributed by atoms with Gasteiger partial charge in [0.15, 0.2) is 0 Å². The molecular formula is C5H10ClNO4S. The van der Waals surface area contributed by atoms with Crippen molar-refractivity contribution >= 4 is 26.0 Å². The first kappa shape index (κ1) is 11.5. The van der Waals surface area contributed by atoms with Gasteiger partial charge < -0.3 is 5.11 Å². The van der Waals surface area contributed by atoms with Crippen LogP contribution in [0, 0.1) is 0 Å². The topological polar surface area (TPSA) is 74.7 Å². The molecule has 1 N–H and O–H groups in total. The maximum absolute atomic E-state index is 10.7. The summed E-state index contributed by atoms with van der Waals surface area (Å²) in [5.41, 5.74) is -1.06. The first-order valence-electron chi connectivity index (χ1n) is 3.05. The van der Waals surface area contributed by atoms with Crippen LogP contribution in [0.15, 0.2) is 0 Å². The third-order valence-corrected chi connectivity index (χ3v) is 2.56. The zero-order valence-electron chi connectivity index (χ0n) is 6.91. The number of carboxylic acid groups (broad SMARTS) is 1. The van der Waals surface area contributed by atoms with Gasteiger partial charge in [0, 0.05) is 10.7 Å². The van der Waals surface area contributed by atoms with Crippen molar-refractivity contribution in [3.05, 3.63) is 0 Å². The molecule has 0 unspecified atom stereocenters. The quantitative estimate of drug-likeness (QED) is 0.668. The number of carbonyl (C=O) groups is 1. The van der Waals surface area contributed by atoms with E-state index in [4.69, 9.17) is 15.8 Å². The van der Waals surface area contributed by atoms with Gasteiger partial charge >= 0.3 is 15.3 Å². The maximum Gasteiger partial charge on any atom is 0.422 e. The van der Waals surface area contributed by atoms with E-state index in [0.717, 1.165) is 0 Å². The summed E-state index contributed by atoms with van der Waals surface area (Å²) >= 11 is 0. The normalized spacial score (nSPS) is 12.7. The smallest absolute Gasteiger partial charge is 0.422 e. The summed E-state index contributed by atoms with van der Waals surface area (Å²) in [4.78, 5) is 10.5. The summed E-state index contributed by atoms with van der Waals surface area (Å²) in [7, 11) is 0.680. The second-order valence-corrected chi connectivity index (χ2v) is 5.52. The van der Waals surface area contributed by atoms with Crippen molar-refractivity contribution in [1.29, 1.82) is 0 Å². The first-order valence-corrected chi connectivity index (χ1v) is 5.31. The van der Waals surface area contributed by atoms with Crippen molar-refractivity contribution in [2.24, 2.45) is 0 Å². The standard InChI is InChI=1S/C5H10ClNO4S/c1-5(2,3)7(4(8)9)12(6,10)11/h1-3H3,(H,8,9). The zero-order chi connectivity index (χ0) is 10.2. The molecule has 0 aliphatic heterocycles. The van der Waals surface area contributed by atoms with Crippen LogP contribution >= 0.6 is 10.7 Å². The number of hydrogen-bond donors (Lipinski definition) is 1. The van der Waals surface area contributed by atoms with Crippen molar-refractivity contribution in [3.63, 3.8) is 0 Å². The molecule has 0 aliphatic carbocycles. The highest BCUT2D eigenvalue weighted by atomic mass is 35.7. The van der Waals surface area contributed by atoms with Crippen LogP contribution in [0.3, 0.4) is 0 Å². The molecule has 1 amide bonds. The highest BCUT2D eigenvalue weighted by Crippen LogP contribution is 2.20. The monoisotopic (exact) mass is 215 g/mol. The van der Waals surface area contributed by atoms with Gasteiger partial charge in [-0.2, -0.15) is 12.7 Å². The molecule has 0 aromatic rings. The third kappa shape index (κ3) is 2.86. The summed E-state index contributed by atoms with van der Waals surface area (Å²) < 4.78 is 21.7. The fourth-order valence-corrected chi connectivity index (χ4v) is 2.35. The van der Waals surface area contributed by atoms with Crippen molar-refractivity contribution in [1.82, 2.24) is 4.31 Å². The van der Waals surface area contributed by atoms with Crippen LogP contribution in [0.2, 0.25) is 0 Å². The van der Waals surface area contributed by atoms with E-state index in [1.54, 1.807) is 0 Å². The van der Waals surface area contributed by atoms with Crippen LogP contribution < -0.4 is 0 Å². The summed E-state index contributed by atoms with van der Waals surface area (Å²) in [5.74, 6) is 0. The molecule has 0 atom stereocenters. The Morgan fingerprint density at radius 2 is 1.75 bits per heavy atom. The van der Waals surface area contributed by atoms with Gasteiger partial charge in [0.25, 0.3) is 0 Å². The molecule has 5 nitrogen and oxygen atoms in total. The van der Waals surface area contributed by atoms with Gasteiger partial charge in [-0.15, -0.1) is 0 Å². The molecule has 0 saturated carbocycles. The van der Waals surface area contributed by atoms with Gasteiger partial charge in [-0.3, -0.25) is 0 Å². The molecule has 72 valence electrons. The first-order chi connectivity index (χ1) is 5.07. The van der Waals surface area contributed by atoms with E-state index in [0.29, 0.717) is 0 Å². The predicted molar refractivity (Wildman–Crippen MR) is 44.4 cm³/mol. The minimum atomic E-state index is -4.22. The Morgan fingerprint density at radius 1 is 1.42 bits per heavy atom. The second-order valence-electron chi connectivity index (χ2n) is 3.16. The molecule has 0 rings (SSSR count). The van der Waals surface area contributed by atoms with E-state index >= 15 is 0 Å². The lowest BCUT2D eigenvalue weighted by atomic mass is 10.1. The Hall–Kier alpha value is -0.490. The number of hydrogen-bond acceptors (Lipinski definition) is 3. The predicted octanol–water partition coefficient (Wildman–Crippen LogP) is 1.25. The highest BCUT2D eigenvalue weighted by Gasteiger charge is 2.35. The van der Waals surface area contributed by atoms with Crippen molar-refractivity contribution in [2.75, 3.05) is 0 Å². The van der Waals surface area contributed by atoms with Crippen LogP contribution in [-0.4, -0.2) is 29.5 Å². The number of halogens is 1. The average molecular weight is 216 g/mol. The van der Waals surface area contributed by atoms with Crippen LogP contribution in [0.4, 0.5) is 4.79 Å². The Kier molecular flexibility index (Phi) is 2.97. The van der Waals surface area contributed by atoms with Crippen LogP contribution in [0.5, 0.6) is 0 Å². The van der Waals surface area contributed by atoms with Crippen molar-refractivity contribution < 1.29 is 18.3 Å². The molecule has 0 radical (unpaired) electrons. The van der Waals surface area contributed by atoms with Crippen LogP contribution in [0.1, 0.15) is 20.8 Å². The van der Waals surface area contributed by atoms with E-state index in [1.807, 2.05) is 0 Å². The molecule has 12 heavy (non-hydrogen) atoms. The number of rotatable bonds is 1. The fraction of sp³-hybridized carbons (Fsp3) is 0.800. The lowest BCUT2D eigenvalue weighted by Crippen LogP contribution is -2.46. The highest BCUT2D eigenvalue weighted by molar-refractivity contribution is 8.12. The van der Waals surface area contributed by atoms with Crippen molar-refractivity contribution in [2.45, 2.75) is 26.3 Å². The summed E-state index contributed by atoms with van der Waals surface area (Å²) in [6.07, 6.45) is -1.59. The molecule has 0 fully saturated rings. The van der Waals surface area contributed by atoms with E-state index in [1.165, 1.54) is 20.8 Å². The number of amides is 1. The van der Waals surface area contributed by atoms with Gasteiger partial charge in [0.1, 0.15) is 0 Å². The van der Waals surface area contributed by atoms with E-state index in [9.17, 15) is 13.2 Å². The van der Waals surface area contributed by atoms with Gasteiger partial charge in [-0.1, -0.05) is 0 Å². The summed E-state index contributed by atoms with van der Waals surface area (Å²) in [6, 6.07) is 0. The van der Waals surface area contributed by atoms with E-state index in [-0.39, 0.29) is 4.31 Å². The molecule has 0 aromatic carbocycles. The number of nitrogens with zero attached hydrogens (tertiary/aromatic N) is 1. The molecule has 0 spiro atoms. The molecular weight excluding hydrogens is 206 g/mol. The Bertz CT molecular complexity index is 278. The van der Waals surface area contributed by atoms with E-state index < -0.39 is 20.9 Å². The summed E-state index contributed by atoms with van der Waals surface area (Å²) in [6.45, 7) is 4.29. The second kappa shape index (κ2) is 3.10. The molecule has 0 bridgehead atoms. The third-order valence-electron chi connectivity index (χ3n) is 1.00. The maximum atomic E-state index is 10.7. The SMILES string of the molecule is CC(C)(C)N(C(=O)O)S(=O)(=O)Cl. The molecule has 0 heterocycles. The average Bonchev–Trinajstić information content (AvgIpc) is 1.49. The van der Waals surface area contributed by atoms with Crippen LogP contribution in [-0.2, 0) is 9.24 Å². The van der Waals surface area contributed by atoms with Crippen molar-refractivity contribution in [3.8, 4) is 0 Å². The Labute approximate surface area is 75.5 Å². The zero-order valence-corrected chi connectivity index (χ0v) is 8.48. The van der Waals surface area contributed by atoms with Gasteiger partial charge in [0.05, 0.1) is 5.54 Å². The lowest BCUT2D eigenvalue weighted by molar-refractivity contribution is 0.147. The van der Waals surface area contributed by atoms with Gasteiger partial charge in [-0.05, 0) is 20.8 Å². The fourth-order valence-electron chi connectivity index (χ4n) is 0.707. The molecule has 0 aromatic heterocycles. The lowest BCUT2D eigenvalue weighted by Gasteiger charge is -2.29. The molecule has 0 aliphatic rings.